The summed E-state index contributed by atoms with van der Waals surface area (Å²) in [4.78, 5) is 4.01. The summed E-state index contributed by atoms with van der Waals surface area (Å²) in [6.45, 7) is 0. The van der Waals surface area contributed by atoms with Crippen LogP contribution >= 0.6 is 23.2 Å². The lowest BCUT2D eigenvalue weighted by Crippen LogP contribution is -2.32. The SMILES string of the molecule is OC1CCC(n2cnc(Cl)c2Cl)=C(c2ccccc2)N1. The number of hydrogen-bond donors (Lipinski definition) is 2. The number of benzene rings is 1. The lowest BCUT2D eigenvalue weighted by Gasteiger charge is -2.27. The highest BCUT2D eigenvalue weighted by molar-refractivity contribution is 6.40. The largest absolute Gasteiger partial charge is 0.374 e. The first-order valence-corrected chi connectivity index (χ1v) is 7.04. The van der Waals surface area contributed by atoms with Crippen LogP contribution in [0.3, 0.4) is 0 Å². The van der Waals surface area contributed by atoms with Gasteiger partial charge in [0, 0.05) is 5.70 Å². The molecule has 0 fully saturated rings. The van der Waals surface area contributed by atoms with Crippen LogP contribution in [-0.4, -0.2) is 20.9 Å². The van der Waals surface area contributed by atoms with Crippen LogP contribution in [0, 0.1) is 0 Å². The minimum atomic E-state index is -0.563. The van der Waals surface area contributed by atoms with Crippen LogP contribution < -0.4 is 5.32 Å². The Morgan fingerprint density at radius 2 is 2.00 bits per heavy atom. The molecular formula is C14H13Cl2N3O. The molecule has 2 heterocycles. The van der Waals surface area contributed by atoms with E-state index in [1.54, 1.807) is 10.9 Å². The predicted octanol–water partition coefficient (Wildman–Crippen LogP) is 3.22. The number of aliphatic hydroxyl groups excluding tert-OH is 1. The average molecular weight is 310 g/mol. The number of nitrogens with one attached hydrogen (secondary N) is 1. The first-order chi connectivity index (χ1) is 9.66. The van der Waals surface area contributed by atoms with Gasteiger partial charge in [-0.25, -0.2) is 4.98 Å². The maximum atomic E-state index is 9.85. The molecule has 1 aromatic heterocycles. The Hall–Kier alpha value is -1.49. The van der Waals surface area contributed by atoms with Gasteiger partial charge in [0.2, 0.25) is 0 Å². The molecule has 0 spiro atoms. The van der Waals surface area contributed by atoms with Gasteiger partial charge in [0.25, 0.3) is 0 Å². The van der Waals surface area contributed by atoms with Gasteiger partial charge in [0.05, 0.1) is 5.70 Å². The molecule has 1 aliphatic heterocycles. The van der Waals surface area contributed by atoms with Crippen LogP contribution in [0.2, 0.25) is 10.3 Å². The summed E-state index contributed by atoms with van der Waals surface area (Å²) in [6, 6.07) is 9.81. The van der Waals surface area contributed by atoms with Crippen molar-refractivity contribution in [3.05, 3.63) is 52.5 Å². The van der Waals surface area contributed by atoms with Crippen molar-refractivity contribution in [1.29, 1.82) is 0 Å². The first kappa shape index (κ1) is 13.5. The monoisotopic (exact) mass is 309 g/mol. The number of aliphatic hydroxyl groups is 1. The molecule has 0 aliphatic carbocycles. The third-order valence-electron chi connectivity index (χ3n) is 3.28. The summed E-state index contributed by atoms with van der Waals surface area (Å²) in [6.07, 6.45) is 2.33. The van der Waals surface area contributed by atoms with Crippen LogP contribution in [-0.2, 0) is 0 Å². The van der Waals surface area contributed by atoms with Gasteiger partial charge in [0.15, 0.2) is 10.3 Å². The summed E-state index contributed by atoms with van der Waals surface area (Å²) in [7, 11) is 0. The minimum absolute atomic E-state index is 0.276. The van der Waals surface area contributed by atoms with Crippen molar-refractivity contribution in [3.63, 3.8) is 0 Å². The molecule has 4 nitrogen and oxygen atoms in total. The van der Waals surface area contributed by atoms with Crippen molar-refractivity contribution in [3.8, 4) is 0 Å². The number of hydrogen-bond acceptors (Lipinski definition) is 3. The zero-order valence-electron chi connectivity index (χ0n) is 10.6. The molecule has 3 rings (SSSR count). The van der Waals surface area contributed by atoms with Crippen molar-refractivity contribution < 1.29 is 5.11 Å². The fraction of sp³-hybridized carbons (Fsp3) is 0.214. The number of allylic oxidation sites excluding steroid dienone is 1. The van der Waals surface area contributed by atoms with Gasteiger partial charge in [-0.3, -0.25) is 4.57 Å². The van der Waals surface area contributed by atoms with E-state index in [2.05, 4.69) is 10.3 Å². The molecule has 20 heavy (non-hydrogen) atoms. The van der Waals surface area contributed by atoms with Gasteiger partial charge in [-0.2, -0.15) is 0 Å². The van der Waals surface area contributed by atoms with Crippen molar-refractivity contribution in [2.24, 2.45) is 0 Å². The lowest BCUT2D eigenvalue weighted by molar-refractivity contribution is 0.144. The highest BCUT2D eigenvalue weighted by Gasteiger charge is 2.22. The van der Waals surface area contributed by atoms with Crippen molar-refractivity contribution in [1.82, 2.24) is 14.9 Å². The van der Waals surface area contributed by atoms with Gasteiger partial charge < -0.3 is 10.4 Å². The van der Waals surface area contributed by atoms with Gasteiger partial charge in [-0.1, -0.05) is 53.5 Å². The molecule has 6 heteroatoms. The summed E-state index contributed by atoms with van der Waals surface area (Å²) >= 11 is 12.1. The zero-order valence-corrected chi connectivity index (χ0v) is 12.1. The van der Waals surface area contributed by atoms with Gasteiger partial charge in [-0.15, -0.1) is 0 Å². The van der Waals surface area contributed by atoms with E-state index in [1.807, 2.05) is 30.3 Å². The predicted molar refractivity (Wildman–Crippen MR) is 80.2 cm³/mol. The smallest absolute Gasteiger partial charge is 0.166 e. The van der Waals surface area contributed by atoms with E-state index < -0.39 is 6.23 Å². The molecule has 2 aromatic rings. The second-order valence-corrected chi connectivity index (χ2v) is 5.30. The summed E-state index contributed by atoms with van der Waals surface area (Å²) in [5.74, 6) is 0. The Kier molecular flexibility index (Phi) is 3.70. The van der Waals surface area contributed by atoms with Gasteiger partial charge >= 0.3 is 0 Å². The third-order valence-corrected chi connectivity index (χ3v) is 4.01. The Morgan fingerprint density at radius 1 is 1.25 bits per heavy atom. The standard InChI is InChI=1S/C14H13Cl2N3O/c15-13-14(16)19(8-17-13)10-6-7-11(20)18-12(10)9-4-2-1-3-5-9/h1-5,8,11,18,20H,6-7H2. The molecule has 0 radical (unpaired) electrons. The number of aromatic nitrogens is 2. The van der Waals surface area contributed by atoms with E-state index in [9.17, 15) is 5.11 Å². The van der Waals surface area contributed by atoms with E-state index >= 15 is 0 Å². The second-order valence-electron chi connectivity index (χ2n) is 4.58. The quantitative estimate of drug-likeness (QED) is 0.895. The maximum absolute atomic E-state index is 9.85. The van der Waals surface area contributed by atoms with Crippen LogP contribution in [0.4, 0.5) is 0 Å². The van der Waals surface area contributed by atoms with Crippen molar-refractivity contribution >= 4 is 34.6 Å². The Balaban J connectivity index is 2.14. The van der Waals surface area contributed by atoms with Gasteiger partial charge in [0.1, 0.15) is 12.6 Å². The normalized spacial score (nSPS) is 19.1. The highest BCUT2D eigenvalue weighted by Crippen LogP contribution is 2.32. The average Bonchev–Trinajstić information content (AvgIpc) is 2.80. The number of nitrogens with zero attached hydrogens (tertiary/aromatic N) is 2. The lowest BCUT2D eigenvalue weighted by atomic mass is 10.0. The van der Waals surface area contributed by atoms with E-state index in [0.29, 0.717) is 18.0 Å². The second kappa shape index (κ2) is 5.48. The summed E-state index contributed by atoms with van der Waals surface area (Å²) in [5.41, 5.74) is 2.79. The van der Waals surface area contributed by atoms with E-state index in [-0.39, 0.29) is 5.15 Å². The van der Waals surface area contributed by atoms with Gasteiger partial charge in [-0.05, 0) is 18.4 Å². The summed E-state index contributed by atoms with van der Waals surface area (Å²) in [5, 5.41) is 13.6. The molecular weight excluding hydrogens is 297 g/mol. The fourth-order valence-corrected chi connectivity index (χ4v) is 2.65. The molecule has 2 N–H and O–H groups in total. The fourth-order valence-electron chi connectivity index (χ4n) is 2.32. The third kappa shape index (κ3) is 2.42. The minimum Gasteiger partial charge on any atom is -0.374 e. The topological polar surface area (TPSA) is 50.1 Å². The molecule has 0 amide bonds. The zero-order chi connectivity index (χ0) is 14.1. The van der Waals surface area contributed by atoms with E-state index in [1.165, 1.54) is 0 Å². The van der Waals surface area contributed by atoms with Crippen molar-refractivity contribution in [2.75, 3.05) is 0 Å². The molecule has 0 saturated heterocycles. The molecule has 0 bridgehead atoms. The van der Waals surface area contributed by atoms with Crippen LogP contribution in [0.5, 0.6) is 0 Å². The first-order valence-electron chi connectivity index (χ1n) is 6.28. The Labute approximate surface area is 126 Å². The van der Waals surface area contributed by atoms with E-state index in [0.717, 1.165) is 17.0 Å². The Morgan fingerprint density at radius 3 is 2.65 bits per heavy atom. The Bertz CT molecular complexity index is 652. The molecule has 104 valence electrons. The molecule has 1 aliphatic rings. The molecule has 0 saturated carbocycles. The number of imidazole rings is 1. The molecule has 1 atom stereocenters. The van der Waals surface area contributed by atoms with Crippen molar-refractivity contribution in [2.45, 2.75) is 19.1 Å². The van der Waals surface area contributed by atoms with Crippen LogP contribution in [0.1, 0.15) is 18.4 Å². The van der Waals surface area contributed by atoms with E-state index in [4.69, 9.17) is 23.2 Å². The van der Waals surface area contributed by atoms with Crippen LogP contribution in [0.15, 0.2) is 36.7 Å². The highest BCUT2D eigenvalue weighted by atomic mass is 35.5. The molecule has 1 aromatic carbocycles. The summed E-state index contributed by atoms with van der Waals surface area (Å²) < 4.78 is 1.76. The number of halogens is 2. The molecule has 1 unspecified atom stereocenters. The van der Waals surface area contributed by atoms with Crippen LogP contribution in [0.25, 0.3) is 11.4 Å². The maximum Gasteiger partial charge on any atom is 0.166 e. The number of rotatable bonds is 2.